The molecule has 1 aromatic rings. The maximum absolute atomic E-state index is 13.0. The van der Waals surface area contributed by atoms with Crippen molar-refractivity contribution in [2.75, 3.05) is 31.1 Å². The van der Waals surface area contributed by atoms with Gasteiger partial charge in [-0.2, -0.15) is 0 Å². The molecule has 8 nitrogen and oxygen atoms in total. The van der Waals surface area contributed by atoms with Crippen molar-refractivity contribution >= 4 is 15.7 Å². The van der Waals surface area contributed by atoms with Crippen molar-refractivity contribution in [1.29, 1.82) is 0 Å². The summed E-state index contributed by atoms with van der Waals surface area (Å²) >= 11 is 0. The highest BCUT2D eigenvalue weighted by atomic mass is 32.2. The summed E-state index contributed by atoms with van der Waals surface area (Å²) < 4.78 is 24.4. The Hall–Kier alpha value is -1.74. The second-order valence-electron chi connectivity index (χ2n) is 7.53. The maximum atomic E-state index is 13.0. The first kappa shape index (κ1) is 17.7. The minimum atomic E-state index is -3.19. The number of H-pyrrole nitrogens is 1. The molecule has 0 spiro atoms. The van der Waals surface area contributed by atoms with Crippen LogP contribution in [0, 0.1) is 0 Å². The van der Waals surface area contributed by atoms with Crippen LogP contribution in [0.25, 0.3) is 0 Å². The fourth-order valence-electron chi connectivity index (χ4n) is 4.12. The van der Waals surface area contributed by atoms with Crippen LogP contribution < -0.4 is 5.56 Å². The summed E-state index contributed by atoms with van der Waals surface area (Å²) in [6.07, 6.45) is 4.31. The molecule has 1 aliphatic carbocycles. The molecule has 0 bridgehead atoms. The molecule has 3 aliphatic rings. The average Bonchev–Trinajstić information content (AvgIpc) is 3.37. The van der Waals surface area contributed by atoms with Crippen molar-refractivity contribution in [3.05, 3.63) is 27.9 Å². The lowest BCUT2D eigenvalue weighted by atomic mass is 10.0. The summed E-state index contributed by atoms with van der Waals surface area (Å²) in [4.78, 5) is 36.1. The summed E-state index contributed by atoms with van der Waals surface area (Å²) in [6.45, 7) is 3.93. The molecular weight excluding hydrogens is 356 g/mol. The molecule has 3 fully saturated rings. The minimum absolute atomic E-state index is 0.00129. The van der Waals surface area contributed by atoms with Gasteiger partial charge in [-0.15, -0.1) is 0 Å². The molecule has 1 saturated carbocycles. The highest BCUT2D eigenvalue weighted by Crippen LogP contribution is 2.37. The molecule has 142 valence electrons. The van der Waals surface area contributed by atoms with Crippen LogP contribution in [0.15, 0.2) is 11.0 Å². The standard InChI is InChI=1S/C17H24N4O4S/c1-2-5-20-6-7-21(14-10-26(24,25)9-13(14)20)17(23)12-8-18-15(11-3-4-11)19-16(12)22/h8,11,13-14H,2-7,9-10H2,1H3,(H,18,19,22)/t13-,14+/m1/s1. The van der Waals surface area contributed by atoms with Crippen molar-refractivity contribution in [3.63, 3.8) is 0 Å². The Morgan fingerprint density at radius 1 is 1.27 bits per heavy atom. The van der Waals surface area contributed by atoms with E-state index in [4.69, 9.17) is 0 Å². The monoisotopic (exact) mass is 380 g/mol. The number of sulfone groups is 1. The Kier molecular flexibility index (Phi) is 4.38. The Morgan fingerprint density at radius 3 is 2.65 bits per heavy atom. The predicted octanol–water partition coefficient (Wildman–Crippen LogP) is -0.0193. The molecule has 2 saturated heterocycles. The van der Waals surface area contributed by atoms with Gasteiger partial charge in [-0.3, -0.25) is 14.5 Å². The van der Waals surface area contributed by atoms with E-state index < -0.39 is 27.3 Å². The number of carbonyl (C=O) groups excluding carboxylic acids is 1. The third-order valence-corrected chi connectivity index (χ3v) is 7.27. The number of rotatable bonds is 4. The first-order chi connectivity index (χ1) is 12.4. The predicted molar refractivity (Wildman–Crippen MR) is 96.0 cm³/mol. The number of hydrogen-bond acceptors (Lipinski definition) is 6. The second kappa shape index (κ2) is 6.45. The average molecular weight is 380 g/mol. The van der Waals surface area contributed by atoms with Gasteiger partial charge in [0.05, 0.1) is 17.5 Å². The summed E-state index contributed by atoms with van der Waals surface area (Å²) in [5.41, 5.74) is -0.429. The molecule has 3 heterocycles. The Balaban J connectivity index is 1.60. The van der Waals surface area contributed by atoms with E-state index in [0.717, 1.165) is 25.8 Å². The van der Waals surface area contributed by atoms with Crippen LogP contribution in [0.3, 0.4) is 0 Å². The minimum Gasteiger partial charge on any atom is -0.332 e. The highest BCUT2D eigenvalue weighted by Gasteiger charge is 2.48. The van der Waals surface area contributed by atoms with Gasteiger partial charge >= 0.3 is 0 Å². The van der Waals surface area contributed by atoms with Crippen molar-refractivity contribution < 1.29 is 13.2 Å². The zero-order chi connectivity index (χ0) is 18.5. The summed E-state index contributed by atoms with van der Waals surface area (Å²) in [7, 11) is -3.19. The molecule has 4 rings (SSSR count). The molecule has 0 radical (unpaired) electrons. The first-order valence-electron chi connectivity index (χ1n) is 9.24. The van der Waals surface area contributed by atoms with Crippen LogP contribution in [0.2, 0.25) is 0 Å². The van der Waals surface area contributed by atoms with Gasteiger partial charge in [-0.05, 0) is 25.8 Å². The van der Waals surface area contributed by atoms with Gasteiger partial charge < -0.3 is 9.88 Å². The Morgan fingerprint density at radius 2 is 2.00 bits per heavy atom. The van der Waals surface area contributed by atoms with E-state index in [1.165, 1.54) is 6.20 Å². The normalized spacial score (nSPS) is 28.1. The lowest BCUT2D eigenvalue weighted by molar-refractivity contribution is 0.0331. The van der Waals surface area contributed by atoms with E-state index in [9.17, 15) is 18.0 Å². The molecule has 1 N–H and O–H groups in total. The molecular formula is C17H24N4O4S. The summed E-state index contributed by atoms with van der Waals surface area (Å²) in [5, 5.41) is 0. The number of aromatic amines is 1. The SMILES string of the molecule is CCCN1CCN(C(=O)c2cnc(C3CC3)[nH]c2=O)[C@H]2CS(=O)(=O)C[C@H]21. The third kappa shape index (κ3) is 3.18. The van der Waals surface area contributed by atoms with Gasteiger partial charge in [0.25, 0.3) is 11.5 Å². The summed E-state index contributed by atoms with van der Waals surface area (Å²) in [6, 6.07) is -0.578. The van der Waals surface area contributed by atoms with Gasteiger partial charge in [0.15, 0.2) is 9.84 Å². The number of fused-ring (bicyclic) bond motifs is 1. The van der Waals surface area contributed by atoms with Crippen LogP contribution in [0.5, 0.6) is 0 Å². The topological polar surface area (TPSA) is 103 Å². The van der Waals surface area contributed by atoms with Gasteiger partial charge in [0.1, 0.15) is 11.4 Å². The van der Waals surface area contributed by atoms with Gasteiger partial charge in [-0.25, -0.2) is 13.4 Å². The molecule has 9 heteroatoms. The van der Waals surface area contributed by atoms with Crippen LogP contribution in [-0.2, 0) is 9.84 Å². The smallest absolute Gasteiger partial charge is 0.263 e. The molecule has 26 heavy (non-hydrogen) atoms. The zero-order valence-electron chi connectivity index (χ0n) is 14.8. The lowest BCUT2D eigenvalue weighted by Gasteiger charge is -2.43. The van der Waals surface area contributed by atoms with Crippen LogP contribution in [-0.4, -0.2) is 77.3 Å². The van der Waals surface area contributed by atoms with Crippen LogP contribution in [0.4, 0.5) is 0 Å². The van der Waals surface area contributed by atoms with E-state index in [2.05, 4.69) is 21.8 Å². The number of aromatic nitrogens is 2. The Bertz CT molecular complexity index is 877. The number of nitrogens with zero attached hydrogens (tertiary/aromatic N) is 3. The lowest BCUT2D eigenvalue weighted by Crippen LogP contribution is -2.61. The largest absolute Gasteiger partial charge is 0.332 e. The molecule has 0 aromatic carbocycles. The number of carbonyl (C=O) groups is 1. The van der Waals surface area contributed by atoms with E-state index in [1.54, 1.807) is 4.90 Å². The summed E-state index contributed by atoms with van der Waals surface area (Å²) in [5.74, 6) is 0.574. The third-order valence-electron chi connectivity index (χ3n) is 5.58. The van der Waals surface area contributed by atoms with Crippen molar-refractivity contribution in [2.24, 2.45) is 0 Å². The van der Waals surface area contributed by atoms with Crippen molar-refractivity contribution in [1.82, 2.24) is 19.8 Å². The van der Waals surface area contributed by atoms with E-state index in [0.29, 0.717) is 24.8 Å². The van der Waals surface area contributed by atoms with Crippen molar-refractivity contribution in [2.45, 2.75) is 44.2 Å². The second-order valence-corrected chi connectivity index (χ2v) is 9.69. The van der Waals surface area contributed by atoms with Crippen molar-refractivity contribution in [3.8, 4) is 0 Å². The van der Waals surface area contributed by atoms with Crippen LogP contribution >= 0.6 is 0 Å². The molecule has 1 aromatic heterocycles. The maximum Gasteiger partial charge on any atom is 0.263 e. The number of piperazine rings is 1. The molecule has 2 atom stereocenters. The quantitative estimate of drug-likeness (QED) is 0.787. The van der Waals surface area contributed by atoms with E-state index in [1.807, 2.05) is 0 Å². The fourth-order valence-corrected chi connectivity index (χ4v) is 6.13. The van der Waals surface area contributed by atoms with Gasteiger partial charge in [0.2, 0.25) is 0 Å². The van der Waals surface area contributed by atoms with Gasteiger partial charge in [0, 0.05) is 31.2 Å². The molecule has 2 aliphatic heterocycles. The first-order valence-corrected chi connectivity index (χ1v) is 11.1. The number of nitrogens with one attached hydrogen (secondary N) is 1. The fraction of sp³-hybridized carbons (Fsp3) is 0.706. The van der Waals surface area contributed by atoms with Gasteiger partial charge in [-0.1, -0.05) is 6.92 Å². The Labute approximate surface area is 152 Å². The number of hydrogen-bond donors (Lipinski definition) is 1. The zero-order valence-corrected chi connectivity index (χ0v) is 15.7. The number of amides is 1. The molecule has 0 unspecified atom stereocenters. The van der Waals surface area contributed by atoms with E-state index >= 15 is 0 Å². The van der Waals surface area contributed by atoms with Crippen LogP contribution in [0.1, 0.15) is 48.3 Å². The van der Waals surface area contributed by atoms with E-state index in [-0.39, 0.29) is 23.1 Å². The highest BCUT2D eigenvalue weighted by molar-refractivity contribution is 7.91. The molecule has 1 amide bonds.